The lowest BCUT2D eigenvalue weighted by Gasteiger charge is -2.21. The fourth-order valence-corrected chi connectivity index (χ4v) is 2.47. The van der Waals surface area contributed by atoms with Gasteiger partial charge in [-0.25, -0.2) is 4.98 Å². The number of aliphatic hydroxyl groups is 1. The molecule has 1 atom stereocenters. The smallest absolute Gasteiger partial charge is 0.132 e. The molecule has 0 bridgehead atoms. The molecule has 1 aromatic heterocycles. The highest BCUT2D eigenvalue weighted by molar-refractivity contribution is 5.69. The fraction of sp³-hybridized carbons (Fsp3) is 0.308. The molecule has 16 heavy (non-hydrogen) atoms. The number of nitrogens with one attached hydrogen (secondary N) is 1. The Bertz CT molecular complexity index is 530. The molecule has 0 saturated carbocycles. The van der Waals surface area contributed by atoms with E-state index in [-0.39, 0.29) is 6.61 Å². The molecule has 3 nitrogen and oxygen atoms in total. The Morgan fingerprint density at radius 1 is 1.44 bits per heavy atom. The van der Waals surface area contributed by atoms with Crippen molar-refractivity contribution in [2.75, 3.05) is 0 Å². The molecule has 1 aromatic carbocycles. The van der Waals surface area contributed by atoms with Gasteiger partial charge in [0.2, 0.25) is 0 Å². The van der Waals surface area contributed by atoms with Crippen molar-refractivity contribution >= 4 is 0 Å². The number of benzene rings is 1. The number of aliphatic hydroxyl groups excluding tert-OH is 1. The monoisotopic (exact) mass is 214 g/mol. The first-order valence-electron chi connectivity index (χ1n) is 5.57. The molecular formula is C13H14N2O. The summed E-state index contributed by atoms with van der Waals surface area (Å²) in [6.07, 6.45) is 0.972. The second-order valence-electron chi connectivity index (χ2n) is 4.36. The van der Waals surface area contributed by atoms with Crippen molar-refractivity contribution in [2.24, 2.45) is 0 Å². The number of aromatic nitrogens is 2. The summed E-state index contributed by atoms with van der Waals surface area (Å²) in [4.78, 5) is 7.63. The van der Waals surface area contributed by atoms with Crippen molar-refractivity contribution in [2.45, 2.75) is 25.9 Å². The van der Waals surface area contributed by atoms with Crippen LogP contribution in [0.15, 0.2) is 24.3 Å². The third-order valence-corrected chi connectivity index (χ3v) is 3.23. The number of hydrogen-bond donors (Lipinski definition) is 2. The highest BCUT2D eigenvalue weighted by Gasteiger charge is 2.24. The van der Waals surface area contributed by atoms with E-state index in [0.717, 1.165) is 17.8 Å². The molecular weight excluding hydrogens is 200 g/mol. The molecule has 0 radical (unpaired) electrons. The quantitative estimate of drug-likeness (QED) is 0.764. The average molecular weight is 214 g/mol. The number of nitrogens with zero attached hydrogens (tertiary/aromatic N) is 1. The van der Waals surface area contributed by atoms with Crippen molar-refractivity contribution in [3.63, 3.8) is 0 Å². The van der Waals surface area contributed by atoms with E-state index in [4.69, 9.17) is 5.11 Å². The summed E-state index contributed by atoms with van der Waals surface area (Å²) in [5.41, 5.74) is 4.71. The minimum Gasteiger partial charge on any atom is -0.388 e. The molecule has 0 aliphatic heterocycles. The summed E-state index contributed by atoms with van der Waals surface area (Å²) < 4.78 is 0. The Kier molecular flexibility index (Phi) is 2.07. The summed E-state index contributed by atoms with van der Waals surface area (Å²) in [7, 11) is 0. The van der Waals surface area contributed by atoms with Gasteiger partial charge in [0, 0.05) is 11.3 Å². The van der Waals surface area contributed by atoms with Crippen molar-refractivity contribution < 1.29 is 5.11 Å². The van der Waals surface area contributed by atoms with Crippen molar-refractivity contribution in [3.8, 4) is 11.3 Å². The number of imidazole rings is 1. The molecule has 1 unspecified atom stereocenters. The van der Waals surface area contributed by atoms with Crippen molar-refractivity contribution in [1.29, 1.82) is 0 Å². The maximum Gasteiger partial charge on any atom is 0.132 e. The second kappa shape index (κ2) is 3.46. The Morgan fingerprint density at radius 2 is 2.25 bits per heavy atom. The Labute approximate surface area is 94.2 Å². The van der Waals surface area contributed by atoms with E-state index in [2.05, 4.69) is 35.1 Å². The van der Waals surface area contributed by atoms with E-state index >= 15 is 0 Å². The van der Waals surface area contributed by atoms with E-state index < -0.39 is 0 Å². The van der Waals surface area contributed by atoms with Crippen LogP contribution < -0.4 is 0 Å². The number of aromatic amines is 1. The van der Waals surface area contributed by atoms with Crippen LogP contribution in [0.4, 0.5) is 0 Å². The molecule has 1 aliphatic rings. The standard InChI is InChI=1S/C13H14N2O/c1-8-6-11-13(15-12(7-16)14-11)10-5-3-2-4-9(8)10/h2-5,8,16H,6-7H2,1H3,(H,14,15). The molecule has 0 saturated heterocycles. The van der Waals surface area contributed by atoms with E-state index in [9.17, 15) is 0 Å². The van der Waals surface area contributed by atoms with Gasteiger partial charge >= 0.3 is 0 Å². The van der Waals surface area contributed by atoms with Gasteiger partial charge in [0.15, 0.2) is 0 Å². The topological polar surface area (TPSA) is 48.9 Å². The highest BCUT2D eigenvalue weighted by Crippen LogP contribution is 2.37. The Balaban J connectivity index is 2.22. The lowest BCUT2D eigenvalue weighted by molar-refractivity contribution is 0.272. The van der Waals surface area contributed by atoms with Gasteiger partial charge in [-0.15, -0.1) is 0 Å². The first-order valence-corrected chi connectivity index (χ1v) is 5.57. The first kappa shape index (κ1) is 9.60. The lowest BCUT2D eigenvalue weighted by atomic mass is 9.85. The summed E-state index contributed by atoms with van der Waals surface area (Å²) in [5.74, 6) is 1.17. The number of fused-ring (bicyclic) bond motifs is 3. The summed E-state index contributed by atoms with van der Waals surface area (Å²) >= 11 is 0. The number of rotatable bonds is 1. The van der Waals surface area contributed by atoms with Gasteiger partial charge in [0.25, 0.3) is 0 Å². The molecule has 1 heterocycles. The molecule has 82 valence electrons. The van der Waals surface area contributed by atoms with Crippen LogP contribution in [0.2, 0.25) is 0 Å². The Morgan fingerprint density at radius 3 is 3.06 bits per heavy atom. The van der Waals surface area contributed by atoms with Crippen LogP contribution in [0.25, 0.3) is 11.3 Å². The molecule has 0 amide bonds. The maximum atomic E-state index is 9.11. The summed E-state index contributed by atoms with van der Waals surface area (Å²) in [5, 5.41) is 9.11. The maximum absolute atomic E-state index is 9.11. The van der Waals surface area contributed by atoms with Crippen LogP contribution in [0.3, 0.4) is 0 Å². The van der Waals surface area contributed by atoms with Crippen LogP contribution >= 0.6 is 0 Å². The molecule has 2 N–H and O–H groups in total. The van der Waals surface area contributed by atoms with E-state index in [1.807, 2.05) is 6.07 Å². The highest BCUT2D eigenvalue weighted by atomic mass is 16.3. The van der Waals surface area contributed by atoms with Gasteiger partial charge in [0.1, 0.15) is 12.4 Å². The number of H-pyrrole nitrogens is 1. The molecule has 0 fully saturated rings. The molecule has 2 aromatic rings. The van der Waals surface area contributed by atoms with Crippen molar-refractivity contribution in [3.05, 3.63) is 41.3 Å². The molecule has 3 heteroatoms. The van der Waals surface area contributed by atoms with Crippen LogP contribution in [0.1, 0.15) is 29.9 Å². The molecule has 0 spiro atoms. The van der Waals surface area contributed by atoms with E-state index in [1.165, 1.54) is 11.1 Å². The van der Waals surface area contributed by atoms with Gasteiger partial charge in [-0.05, 0) is 17.9 Å². The zero-order valence-corrected chi connectivity index (χ0v) is 9.20. The van der Waals surface area contributed by atoms with Gasteiger partial charge in [-0.2, -0.15) is 0 Å². The normalized spacial score (nSPS) is 18.0. The van der Waals surface area contributed by atoms with Crippen LogP contribution in [0, 0.1) is 0 Å². The first-order chi connectivity index (χ1) is 7.79. The van der Waals surface area contributed by atoms with Crippen molar-refractivity contribution in [1.82, 2.24) is 9.97 Å². The third-order valence-electron chi connectivity index (χ3n) is 3.23. The second-order valence-corrected chi connectivity index (χ2v) is 4.36. The minimum absolute atomic E-state index is 0.0243. The summed E-state index contributed by atoms with van der Waals surface area (Å²) in [6.45, 7) is 2.20. The van der Waals surface area contributed by atoms with E-state index in [0.29, 0.717) is 11.7 Å². The van der Waals surface area contributed by atoms with Gasteiger partial charge in [-0.1, -0.05) is 31.2 Å². The predicted molar refractivity (Wildman–Crippen MR) is 62.1 cm³/mol. The lowest BCUT2D eigenvalue weighted by Crippen LogP contribution is -2.07. The number of hydrogen-bond acceptors (Lipinski definition) is 2. The predicted octanol–water partition coefficient (Wildman–Crippen LogP) is 2.23. The van der Waals surface area contributed by atoms with Crippen LogP contribution in [0.5, 0.6) is 0 Å². The fourth-order valence-electron chi connectivity index (χ4n) is 2.47. The molecule has 1 aliphatic carbocycles. The summed E-state index contributed by atoms with van der Waals surface area (Å²) in [6, 6.07) is 8.37. The zero-order valence-electron chi connectivity index (χ0n) is 9.20. The third kappa shape index (κ3) is 1.28. The molecule has 3 rings (SSSR count). The average Bonchev–Trinajstić information content (AvgIpc) is 2.72. The Hall–Kier alpha value is -1.61. The van der Waals surface area contributed by atoms with Gasteiger partial charge in [0.05, 0.1) is 5.69 Å². The van der Waals surface area contributed by atoms with Crippen LogP contribution in [-0.4, -0.2) is 15.1 Å². The van der Waals surface area contributed by atoms with Crippen LogP contribution in [-0.2, 0) is 13.0 Å². The SMILES string of the molecule is CC1Cc2[nH]c(CO)nc2-c2ccccc21. The minimum atomic E-state index is -0.0243. The van der Waals surface area contributed by atoms with Gasteiger partial charge in [-0.3, -0.25) is 0 Å². The largest absolute Gasteiger partial charge is 0.388 e. The van der Waals surface area contributed by atoms with E-state index in [1.54, 1.807) is 0 Å². The van der Waals surface area contributed by atoms with Gasteiger partial charge < -0.3 is 10.1 Å². The zero-order chi connectivity index (χ0) is 11.1.